The predicted octanol–water partition coefficient (Wildman–Crippen LogP) is 3.51. The Hall–Kier alpha value is -2.14. The summed E-state index contributed by atoms with van der Waals surface area (Å²) < 4.78 is 14.6. The zero-order chi connectivity index (χ0) is 16.8. The number of nitrogens with one attached hydrogen (secondary N) is 1. The molecule has 1 heterocycles. The van der Waals surface area contributed by atoms with Crippen LogP contribution in [0.2, 0.25) is 5.02 Å². The van der Waals surface area contributed by atoms with Crippen LogP contribution in [0, 0.1) is 19.7 Å². The number of carbonyl (C=O) groups is 1. The number of nitrogens with zero attached hydrogens (tertiary/aromatic N) is 2. The van der Waals surface area contributed by atoms with Gasteiger partial charge in [-0.15, -0.1) is 0 Å². The number of amides is 1. The molecule has 23 heavy (non-hydrogen) atoms. The zero-order valence-electron chi connectivity index (χ0n) is 13.1. The van der Waals surface area contributed by atoms with Crippen molar-refractivity contribution in [3.63, 3.8) is 0 Å². The third-order valence-electron chi connectivity index (χ3n) is 3.44. The highest BCUT2D eigenvalue weighted by Crippen LogP contribution is 2.18. The van der Waals surface area contributed by atoms with Gasteiger partial charge in [0.15, 0.2) is 0 Å². The Labute approximate surface area is 140 Å². The second kappa shape index (κ2) is 7.92. The lowest BCUT2D eigenvalue weighted by Gasteiger charge is -2.05. The van der Waals surface area contributed by atoms with Crippen molar-refractivity contribution in [1.29, 1.82) is 0 Å². The molecular formula is C17H19ClFN3O. The first-order chi connectivity index (χ1) is 11.0. The smallest absolute Gasteiger partial charge is 0.244 e. The molecule has 2 aromatic rings. The lowest BCUT2D eigenvalue weighted by atomic mass is 10.2. The highest BCUT2D eigenvalue weighted by molar-refractivity contribution is 6.31. The number of halogens is 2. The summed E-state index contributed by atoms with van der Waals surface area (Å²) in [6.45, 7) is 5.03. The molecule has 0 saturated carbocycles. The minimum Gasteiger partial charge on any atom is -0.352 e. The highest BCUT2D eigenvalue weighted by Gasteiger charge is 2.08. The maximum Gasteiger partial charge on any atom is 0.244 e. The molecule has 4 nitrogen and oxygen atoms in total. The number of rotatable bonds is 6. The van der Waals surface area contributed by atoms with Crippen LogP contribution in [0.1, 0.15) is 23.4 Å². The molecule has 0 aliphatic rings. The number of benzene rings is 1. The first-order valence-corrected chi connectivity index (χ1v) is 7.76. The Kier molecular flexibility index (Phi) is 5.93. The van der Waals surface area contributed by atoms with E-state index in [1.165, 1.54) is 18.2 Å². The fraction of sp³-hybridized carbons (Fsp3) is 0.294. The molecule has 1 N–H and O–H groups in total. The van der Waals surface area contributed by atoms with E-state index in [1.807, 2.05) is 18.5 Å². The van der Waals surface area contributed by atoms with E-state index < -0.39 is 0 Å². The Morgan fingerprint density at radius 3 is 2.65 bits per heavy atom. The summed E-state index contributed by atoms with van der Waals surface area (Å²) in [6.07, 6.45) is 3.84. The summed E-state index contributed by atoms with van der Waals surface area (Å²) in [4.78, 5) is 11.7. The van der Waals surface area contributed by atoms with Gasteiger partial charge in [-0.25, -0.2) is 4.39 Å². The van der Waals surface area contributed by atoms with Crippen molar-refractivity contribution in [2.75, 3.05) is 6.54 Å². The van der Waals surface area contributed by atoms with Crippen molar-refractivity contribution in [3.8, 4) is 0 Å². The van der Waals surface area contributed by atoms with E-state index >= 15 is 0 Å². The summed E-state index contributed by atoms with van der Waals surface area (Å²) in [5, 5.41) is 7.83. The number of carbonyl (C=O) groups excluding carboxylic acids is 1. The Morgan fingerprint density at radius 1 is 1.35 bits per heavy atom. The van der Waals surface area contributed by atoms with Gasteiger partial charge < -0.3 is 5.32 Å². The van der Waals surface area contributed by atoms with Crippen LogP contribution in [-0.4, -0.2) is 22.2 Å². The van der Waals surface area contributed by atoms with Gasteiger partial charge in [0.25, 0.3) is 0 Å². The second-order valence-corrected chi connectivity index (χ2v) is 5.62. The maximum absolute atomic E-state index is 12.8. The van der Waals surface area contributed by atoms with Crippen LogP contribution in [0.5, 0.6) is 0 Å². The first kappa shape index (κ1) is 17.2. The summed E-state index contributed by atoms with van der Waals surface area (Å²) in [7, 11) is 0. The van der Waals surface area contributed by atoms with Gasteiger partial charge in [-0.3, -0.25) is 9.48 Å². The molecular weight excluding hydrogens is 317 g/mol. The highest BCUT2D eigenvalue weighted by atomic mass is 35.5. The molecule has 0 saturated heterocycles. The Balaban J connectivity index is 1.74. The monoisotopic (exact) mass is 335 g/mol. The van der Waals surface area contributed by atoms with Gasteiger partial charge in [0, 0.05) is 19.2 Å². The zero-order valence-corrected chi connectivity index (χ0v) is 13.9. The van der Waals surface area contributed by atoms with Crippen LogP contribution in [0.4, 0.5) is 4.39 Å². The predicted molar refractivity (Wildman–Crippen MR) is 89.8 cm³/mol. The Morgan fingerprint density at radius 2 is 2.04 bits per heavy atom. The summed E-state index contributed by atoms with van der Waals surface area (Å²) in [5.41, 5.74) is 2.53. The first-order valence-electron chi connectivity index (χ1n) is 7.38. The molecule has 2 rings (SSSR count). The number of aromatic nitrogens is 2. The van der Waals surface area contributed by atoms with Gasteiger partial charge in [0.1, 0.15) is 5.82 Å². The lowest BCUT2D eigenvalue weighted by molar-refractivity contribution is -0.116. The van der Waals surface area contributed by atoms with Crippen LogP contribution in [0.15, 0.2) is 30.3 Å². The summed E-state index contributed by atoms with van der Waals surface area (Å²) >= 11 is 6.09. The van der Waals surface area contributed by atoms with Crippen LogP contribution in [-0.2, 0) is 11.3 Å². The molecule has 122 valence electrons. The fourth-order valence-corrected chi connectivity index (χ4v) is 2.27. The molecule has 0 aliphatic heterocycles. The molecule has 0 fully saturated rings. The summed E-state index contributed by atoms with van der Waals surface area (Å²) in [5.74, 6) is -0.475. The van der Waals surface area contributed by atoms with E-state index in [-0.39, 0.29) is 11.7 Å². The van der Waals surface area contributed by atoms with E-state index in [4.69, 9.17) is 11.6 Å². The lowest BCUT2D eigenvalue weighted by Crippen LogP contribution is -2.23. The van der Waals surface area contributed by atoms with Crippen molar-refractivity contribution in [1.82, 2.24) is 15.1 Å². The minimum atomic E-state index is -0.296. The molecule has 0 unspecified atom stereocenters. The van der Waals surface area contributed by atoms with Gasteiger partial charge in [0.2, 0.25) is 5.91 Å². The summed E-state index contributed by atoms with van der Waals surface area (Å²) in [6, 6.07) is 5.95. The van der Waals surface area contributed by atoms with Crippen LogP contribution in [0.25, 0.3) is 6.08 Å². The molecule has 6 heteroatoms. The van der Waals surface area contributed by atoms with Gasteiger partial charge in [-0.2, -0.15) is 5.10 Å². The average Bonchev–Trinajstić information content (AvgIpc) is 2.78. The fourth-order valence-electron chi connectivity index (χ4n) is 2.14. The molecule has 0 aliphatic carbocycles. The third kappa shape index (κ3) is 4.93. The van der Waals surface area contributed by atoms with E-state index in [0.29, 0.717) is 18.1 Å². The number of hydrogen-bond acceptors (Lipinski definition) is 2. The van der Waals surface area contributed by atoms with Crippen LogP contribution < -0.4 is 5.32 Å². The minimum absolute atomic E-state index is 0.180. The van der Waals surface area contributed by atoms with Gasteiger partial charge in [0.05, 0.1) is 16.4 Å². The van der Waals surface area contributed by atoms with Crippen molar-refractivity contribution < 1.29 is 9.18 Å². The number of hydrogen-bond donors (Lipinski definition) is 1. The molecule has 1 aromatic carbocycles. The molecule has 0 bridgehead atoms. The van der Waals surface area contributed by atoms with Crippen LogP contribution >= 0.6 is 11.6 Å². The SMILES string of the molecule is Cc1nn(CCCNC(=O)/C=C/c2ccc(F)cc2)c(C)c1Cl. The standard InChI is InChI=1S/C17H19ClFN3O/c1-12-17(18)13(2)22(21-12)11-3-10-20-16(23)9-6-14-4-7-15(19)8-5-14/h4-9H,3,10-11H2,1-2H3,(H,20,23)/b9-6+. The molecule has 0 spiro atoms. The van der Waals surface area contributed by atoms with Crippen LogP contribution in [0.3, 0.4) is 0 Å². The van der Waals surface area contributed by atoms with Crippen molar-refractivity contribution in [2.24, 2.45) is 0 Å². The van der Waals surface area contributed by atoms with Gasteiger partial charge in [-0.05, 0) is 44.0 Å². The maximum atomic E-state index is 12.8. The third-order valence-corrected chi connectivity index (χ3v) is 3.98. The van der Waals surface area contributed by atoms with Gasteiger partial charge >= 0.3 is 0 Å². The average molecular weight is 336 g/mol. The van der Waals surface area contributed by atoms with E-state index in [0.717, 1.165) is 23.4 Å². The van der Waals surface area contributed by atoms with E-state index in [1.54, 1.807) is 18.2 Å². The van der Waals surface area contributed by atoms with E-state index in [9.17, 15) is 9.18 Å². The largest absolute Gasteiger partial charge is 0.352 e. The molecule has 0 radical (unpaired) electrons. The van der Waals surface area contributed by atoms with E-state index in [2.05, 4.69) is 10.4 Å². The normalized spacial score (nSPS) is 11.1. The number of aryl methyl sites for hydroxylation is 2. The van der Waals surface area contributed by atoms with Crippen molar-refractivity contribution >= 4 is 23.6 Å². The van der Waals surface area contributed by atoms with Crippen molar-refractivity contribution in [3.05, 3.63) is 58.1 Å². The quantitative estimate of drug-likeness (QED) is 0.648. The van der Waals surface area contributed by atoms with Crippen molar-refractivity contribution in [2.45, 2.75) is 26.8 Å². The molecule has 0 atom stereocenters. The second-order valence-electron chi connectivity index (χ2n) is 5.24. The Bertz CT molecular complexity index is 707. The van der Waals surface area contributed by atoms with Gasteiger partial charge in [-0.1, -0.05) is 23.7 Å². The molecule has 1 aromatic heterocycles. The topological polar surface area (TPSA) is 46.9 Å². The molecule has 1 amide bonds.